The quantitative estimate of drug-likeness (QED) is 0.461. The number of hydrogen-bond donors (Lipinski definition) is 2. The molecule has 14 heavy (non-hydrogen) atoms. The first kappa shape index (κ1) is 8.54. The van der Waals surface area contributed by atoms with Gasteiger partial charge in [0.1, 0.15) is 5.71 Å². The lowest BCUT2D eigenvalue weighted by atomic mass is 10.1. The SMILES string of the molecule is O=C(O)N1C/C(=N\O)c2cnoc2C1. The molecule has 2 rings (SSSR count). The molecule has 2 N–H and O–H groups in total. The van der Waals surface area contributed by atoms with Crippen molar-refractivity contribution in [1.29, 1.82) is 0 Å². The van der Waals surface area contributed by atoms with Gasteiger partial charge in [0.05, 0.1) is 24.8 Å². The molecule has 7 heteroatoms. The topological polar surface area (TPSA) is 99.2 Å². The van der Waals surface area contributed by atoms with Crippen LogP contribution in [0.4, 0.5) is 4.79 Å². The molecule has 0 saturated carbocycles. The van der Waals surface area contributed by atoms with Gasteiger partial charge in [0, 0.05) is 0 Å². The monoisotopic (exact) mass is 197 g/mol. The van der Waals surface area contributed by atoms with Gasteiger partial charge in [-0.25, -0.2) is 4.79 Å². The van der Waals surface area contributed by atoms with Gasteiger partial charge in [-0.3, -0.25) is 4.90 Å². The summed E-state index contributed by atoms with van der Waals surface area (Å²) in [6.07, 6.45) is 0.317. The second kappa shape index (κ2) is 3.02. The average Bonchev–Trinajstić information content (AvgIpc) is 2.63. The van der Waals surface area contributed by atoms with Crippen LogP contribution in [0.25, 0.3) is 0 Å². The molecule has 0 unspecified atom stereocenters. The highest BCUT2D eigenvalue weighted by molar-refractivity contribution is 6.04. The Morgan fingerprint density at radius 1 is 1.64 bits per heavy atom. The van der Waals surface area contributed by atoms with Gasteiger partial charge in [-0.15, -0.1) is 0 Å². The van der Waals surface area contributed by atoms with E-state index < -0.39 is 6.09 Å². The first-order valence-electron chi connectivity index (χ1n) is 3.85. The minimum atomic E-state index is -1.09. The van der Waals surface area contributed by atoms with Crippen molar-refractivity contribution >= 4 is 11.8 Å². The first-order chi connectivity index (χ1) is 6.72. The van der Waals surface area contributed by atoms with Gasteiger partial charge in [0.25, 0.3) is 0 Å². The van der Waals surface area contributed by atoms with E-state index in [1.807, 2.05) is 0 Å². The molecule has 0 fully saturated rings. The van der Waals surface area contributed by atoms with Crippen LogP contribution in [0.2, 0.25) is 0 Å². The number of amides is 1. The van der Waals surface area contributed by atoms with Crippen LogP contribution in [0.15, 0.2) is 15.9 Å². The molecule has 1 aromatic rings. The van der Waals surface area contributed by atoms with Gasteiger partial charge >= 0.3 is 6.09 Å². The number of nitrogens with zero attached hydrogens (tertiary/aromatic N) is 3. The van der Waals surface area contributed by atoms with Crippen molar-refractivity contribution in [2.75, 3.05) is 6.54 Å². The Kier molecular flexibility index (Phi) is 1.84. The number of carbonyl (C=O) groups is 1. The molecule has 1 aliphatic rings. The minimum absolute atomic E-state index is 0.0417. The largest absolute Gasteiger partial charge is 0.465 e. The van der Waals surface area contributed by atoms with E-state index in [1.165, 1.54) is 6.20 Å². The zero-order valence-corrected chi connectivity index (χ0v) is 7.04. The highest BCUT2D eigenvalue weighted by atomic mass is 16.5. The van der Waals surface area contributed by atoms with Gasteiger partial charge in [-0.05, 0) is 0 Å². The summed E-state index contributed by atoms with van der Waals surface area (Å²) in [5.74, 6) is 0.395. The molecule has 7 nitrogen and oxygen atoms in total. The molecule has 1 aromatic heterocycles. The van der Waals surface area contributed by atoms with Crippen molar-refractivity contribution < 1.29 is 19.6 Å². The molecule has 0 radical (unpaired) electrons. The van der Waals surface area contributed by atoms with Crippen molar-refractivity contribution in [2.24, 2.45) is 5.16 Å². The Balaban J connectivity index is 2.38. The van der Waals surface area contributed by atoms with Gasteiger partial charge < -0.3 is 14.8 Å². The molecular formula is C7H7N3O4. The first-order valence-corrected chi connectivity index (χ1v) is 3.85. The molecular weight excluding hydrogens is 190 g/mol. The zero-order chi connectivity index (χ0) is 10.1. The Hall–Kier alpha value is -2.05. The van der Waals surface area contributed by atoms with Crippen LogP contribution in [0.3, 0.4) is 0 Å². The molecule has 1 amide bonds. The van der Waals surface area contributed by atoms with Crippen LogP contribution in [0.1, 0.15) is 11.3 Å². The Labute approximate surface area is 78.2 Å². The van der Waals surface area contributed by atoms with Crippen LogP contribution in [0, 0.1) is 0 Å². The van der Waals surface area contributed by atoms with Crippen LogP contribution in [-0.4, -0.2) is 38.7 Å². The Morgan fingerprint density at radius 3 is 3.07 bits per heavy atom. The van der Waals surface area contributed by atoms with E-state index in [9.17, 15) is 4.79 Å². The third-order valence-corrected chi connectivity index (χ3v) is 2.02. The molecule has 0 spiro atoms. The Bertz CT molecular complexity index is 397. The van der Waals surface area contributed by atoms with E-state index in [0.29, 0.717) is 11.3 Å². The maximum Gasteiger partial charge on any atom is 0.408 e. The van der Waals surface area contributed by atoms with Crippen molar-refractivity contribution in [3.63, 3.8) is 0 Å². The minimum Gasteiger partial charge on any atom is -0.465 e. The average molecular weight is 197 g/mol. The predicted molar refractivity (Wildman–Crippen MR) is 43.3 cm³/mol. The molecule has 0 atom stereocenters. The van der Waals surface area contributed by atoms with Crippen molar-refractivity contribution in [1.82, 2.24) is 10.1 Å². The molecule has 74 valence electrons. The van der Waals surface area contributed by atoms with E-state index in [-0.39, 0.29) is 18.8 Å². The summed E-state index contributed by atoms with van der Waals surface area (Å²) in [4.78, 5) is 11.7. The molecule has 0 aliphatic carbocycles. The fourth-order valence-corrected chi connectivity index (χ4v) is 1.33. The van der Waals surface area contributed by atoms with Crippen LogP contribution >= 0.6 is 0 Å². The van der Waals surface area contributed by atoms with Crippen molar-refractivity contribution in [3.8, 4) is 0 Å². The lowest BCUT2D eigenvalue weighted by Crippen LogP contribution is -2.38. The Morgan fingerprint density at radius 2 is 2.43 bits per heavy atom. The molecule has 0 saturated heterocycles. The van der Waals surface area contributed by atoms with E-state index in [0.717, 1.165) is 4.90 Å². The smallest absolute Gasteiger partial charge is 0.408 e. The van der Waals surface area contributed by atoms with Gasteiger partial charge in [0.15, 0.2) is 5.76 Å². The zero-order valence-electron chi connectivity index (χ0n) is 7.04. The maximum absolute atomic E-state index is 10.7. The summed E-state index contributed by atoms with van der Waals surface area (Å²) in [5.41, 5.74) is 0.805. The summed E-state index contributed by atoms with van der Waals surface area (Å²) in [7, 11) is 0. The van der Waals surface area contributed by atoms with E-state index >= 15 is 0 Å². The molecule has 0 bridgehead atoms. The van der Waals surface area contributed by atoms with Gasteiger partial charge in [0.2, 0.25) is 0 Å². The summed E-state index contributed by atoms with van der Waals surface area (Å²) in [6.45, 7) is 0.170. The number of hydrogen-bond acceptors (Lipinski definition) is 5. The summed E-state index contributed by atoms with van der Waals surface area (Å²) in [6, 6.07) is 0. The van der Waals surface area contributed by atoms with E-state index in [1.54, 1.807) is 0 Å². The van der Waals surface area contributed by atoms with Crippen LogP contribution < -0.4 is 0 Å². The van der Waals surface area contributed by atoms with E-state index in [2.05, 4.69) is 10.3 Å². The van der Waals surface area contributed by atoms with Gasteiger partial charge in [-0.1, -0.05) is 10.3 Å². The standard InChI is InChI=1S/C7H7N3O4/c11-7(12)10-2-5(9-13)4-1-8-14-6(4)3-10/h1,13H,2-3H2,(H,11,12)/b9-5+. The number of rotatable bonds is 0. The summed E-state index contributed by atoms with van der Waals surface area (Å²) < 4.78 is 4.82. The van der Waals surface area contributed by atoms with Crippen molar-refractivity contribution in [3.05, 3.63) is 17.5 Å². The number of oxime groups is 1. The highest BCUT2D eigenvalue weighted by Gasteiger charge is 2.28. The summed E-state index contributed by atoms with van der Waals surface area (Å²) in [5, 5.41) is 23.9. The predicted octanol–water partition coefficient (Wildman–Crippen LogP) is 0.347. The van der Waals surface area contributed by atoms with Gasteiger partial charge in [-0.2, -0.15) is 0 Å². The lowest BCUT2D eigenvalue weighted by molar-refractivity contribution is 0.142. The molecule has 1 aliphatic heterocycles. The fraction of sp³-hybridized carbons (Fsp3) is 0.286. The van der Waals surface area contributed by atoms with E-state index in [4.69, 9.17) is 14.8 Å². The number of aromatic nitrogens is 1. The number of carboxylic acid groups (broad SMARTS) is 1. The third kappa shape index (κ3) is 1.18. The van der Waals surface area contributed by atoms with Crippen LogP contribution in [0.5, 0.6) is 0 Å². The third-order valence-electron chi connectivity index (χ3n) is 2.02. The number of fused-ring (bicyclic) bond motifs is 1. The molecule has 2 heterocycles. The second-order valence-corrected chi connectivity index (χ2v) is 2.85. The second-order valence-electron chi connectivity index (χ2n) is 2.85. The van der Waals surface area contributed by atoms with Crippen molar-refractivity contribution in [2.45, 2.75) is 6.54 Å². The lowest BCUT2D eigenvalue weighted by Gasteiger charge is -2.22. The molecule has 0 aromatic carbocycles. The fourth-order valence-electron chi connectivity index (χ4n) is 1.33. The summed E-state index contributed by atoms with van der Waals surface area (Å²) >= 11 is 0. The normalized spacial score (nSPS) is 18.3. The van der Waals surface area contributed by atoms with Crippen LogP contribution in [-0.2, 0) is 6.54 Å². The highest BCUT2D eigenvalue weighted by Crippen LogP contribution is 2.18. The maximum atomic E-state index is 10.7.